The maximum absolute atomic E-state index is 12.4. The minimum atomic E-state index is -1.63. The molecule has 1 aliphatic rings. The van der Waals surface area contributed by atoms with Crippen LogP contribution in [0.25, 0.3) is 0 Å². The second-order valence-corrected chi connectivity index (χ2v) is 5.71. The van der Waals surface area contributed by atoms with Crippen molar-refractivity contribution in [2.45, 2.75) is 52.4 Å². The van der Waals surface area contributed by atoms with E-state index in [4.69, 9.17) is 15.9 Å². The first-order valence-corrected chi connectivity index (χ1v) is 8.49. The fourth-order valence-corrected chi connectivity index (χ4v) is 2.65. The van der Waals surface area contributed by atoms with E-state index in [1.54, 1.807) is 13.8 Å². The highest BCUT2D eigenvalue weighted by molar-refractivity contribution is 6.00. The molecular weight excluding hydrogens is 320 g/mol. The zero-order valence-electron chi connectivity index (χ0n) is 14.9. The van der Waals surface area contributed by atoms with Gasteiger partial charge in [0.05, 0.1) is 13.2 Å². The number of carbonyl (C=O) groups excluding carboxylic acids is 3. The summed E-state index contributed by atoms with van der Waals surface area (Å²) in [5.41, 5.74) is -0.179. The van der Waals surface area contributed by atoms with Crippen molar-refractivity contribution in [3.63, 3.8) is 0 Å². The van der Waals surface area contributed by atoms with Crippen LogP contribution in [0.15, 0.2) is 11.1 Å². The standard InChI is InChI=1S/C20H24O5/c1-4-13-20(18(22)24-5-2,19(23)25-6-3)14-9-12-16-10-7-8-11-17(16)15-21/h1,15H,5-8,10-11,13-14H2,2-3H3. The van der Waals surface area contributed by atoms with Crippen molar-refractivity contribution in [2.75, 3.05) is 13.2 Å². The number of hydrogen-bond acceptors (Lipinski definition) is 5. The third-order valence-corrected chi connectivity index (χ3v) is 4.02. The molecule has 0 amide bonds. The van der Waals surface area contributed by atoms with Gasteiger partial charge in [0.2, 0.25) is 0 Å². The lowest BCUT2D eigenvalue weighted by Crippen LogP contribution is -2.41. The largest absolute Gasteiger partial charge is 0.465 e. The summed E-state index contributed by atoms with van der Waals surface area (Å²) in [4.78, 5) is 36.0. The van der Waals surface area contributed by atoms with Crippen LogP contribution < -0.4 is 0 Å². The molecule has 0 spiro atoms. The summed E-state index contributed by atoms with van der Waals surface area (Å²) in [5.74, 6) is 6.71. The van der Waals surface area contributed by atoms with Crippen molar-refractivity contribution in [1.29, 1.82) is 0 Å². The fraction of sp³-hybridized carbons (Fsp3) is 0.550. The molecular formula is C20H24O5. The van der Waals surface area contributed by atoms with Crippen LogP contribution in [0, 0.1) is 29.6 Å². The minimum Gasteiger partial charge on any atom is -0.465 e. The Morgan fingerprint density at radius 2 is 1.72 bits per heavy atom. The van der Waals surface area contributed by atoms with Gasteiger partial charge in [0.15, 0.2) is 5.41 Å². The van der Waals surface area contributed by atoms with E-state index in [0.29, 0.717) is 12.0 Å². The highest BCUT2D eigenvalue weighted by atomic mass is 16.6. The highest BCUT2D eigenvalue weighted by Crippen LogP contribution is 2.30. The van der Waals surface area contributed by atoms with Gasteiger partial charge in [-0.3, -0.25) is 14.4 Å². The SMILES string of the molecule is C#CCC(CC#CC1=C(C=O)CCCC1)(C(=O)OCC)C(=O)OCC. The Morgan fingerprint density at radius 1 is 1.12 bits per heavy atom. The molecule has 0 unspecified atom stereocenters. The van der Waals surface area contributed by atoms with Crippen LogP contribution >= 0.6 is 0 Å². The number of terminal acetylenes is 1. The van der Waals surface area contributed by atoms with Crippen LogP contribution in [0.3, 0.4) is 0 Å². The molecule has 0 aromatic carbocycles. The summed E-state index contributed by atoms with van der Waals surface area (Å²) < 4.78 is 10.1. The molecule has 0 atom stereocenters. The third-order valence-electron chi connectivity index (χ3n) is 4.02. The summed E-state index contributed by atoms with van der Waals surface area (Å²) in [6, 6.07) is 0. The molecule has 0 radical (unpaired) electrons. The first-order valence-electron chi connectivity index (χ1n) is 8.49. The zero-order chi connectivity index (χ0) is 18.7. The van der Waals surface area contributed by atoms with Gasteiger partial charge in [0.1, 0.15) is 6.29 Å². The van der Waals surface area contributed by atoms with Crippen molar-refractivity contribution in [1.82, 2.24) is 0 Å². The van der Waals surface area contributed by atoms with E-state index in [9.17, 15) is 14.4 Å². The lowest BCUT2D eigenvalue weighted by atomic mass is 9.81. The van der Waals surface area contributed by atoms with E-state index in [1.165, 1.54) is 0 Å². The minimum absolute atomic E-state index is 0.107. The number of esters is 2. The summed E-state index contributed by atoms with van der Waals surface area (Å²) in [6.45, 7) is 3.55. The van der Waals surface area contributed by atoms with Gasteiger partial charge in [0, 0.05) is 24.0 Å². The van der Waals surface area contributed by atoms with E-state index in [0.717, 1.165) is 31.1 Å². The van der Waals surface area contributed by atoms with Crippen LogP contribution in [-0.2, 0) is 23.9 Å². The molecule has 5 nitrogen and oxygen atoms in total. The normalized spacial score (nSPS) is 14.0. The molecule has 0 fully saturated rings. The zero-order valence-corrected chi connectivity index (χ0v) is 14.9. The summed E-state index contributed by atoms with van der Waals surface area (Å²) >= 11 is 0. The molecule has 0 aromatic rings. The van der Waals surface area contributed by atoms with Crippen molar-refractivity contribution >= 4 is 18.2 Å². The summed E-state index contributed by atoms with van der Waals surface area (Å²) in [5, 5.41) is 0. The van der Waals surface area contributed by atoms with Gasteiger partial charge < -0.3 is 9.47 Å². The Kier molecular flexibility index (Phi) is 8.50. The molecule has 0 saturated carbocycles. The first-order chi connectivity index (χ1) is 12.1. The molecule has 134 valence electrons. The molecule has 0 bridgehead atoms. The molecule has 0 heterocycles. The molecule has 0 N–H and O–H groups in total. The van der Waals surface area contributed by atoms with Gasteiger partial charge >= 0.3 is 11.9 Å². The first kappa shape index (κ1) is 20.5. The molecule has 25 heavy (non-hydrogen) atoms. The lowest BCUT2D eigenvalue weighted by Gasteiger charge is -2.25. The Labute approximate surface area is 149 Å². The maximum atomic E-state index is 12.4. The van der Waals surface area contributed by atoms with Crippen LogP contribution in [-0.4, -0.2) is 31.4 Å². The van der Waals surface area contributed by atoms with Crippen LogP contribution in [0.1, 0.15) is 52.4 Å². The number of allylic oxidation sites excluding steroid dienone is 2. The quantitative estimate of drug-likeness (QED) is 0.307. The summed E-state index contributed by atoms with van der Waals surface area (Å²) in [7, 11) is 0. The molecule has 1 rings (SSSR count). The fourth-order valence-electron chi connectivity index (χ4n) is 2.65. The number of hydrogen-bond donors (Lipinski definition) is 0. The van der Waals surface area contributed by atoms with Crippen LogP contribution in [0.2, 0.25) is 0 Å². The number of carbonyl (C=O) groups is 3. The molecule has 0 aliphatic heterocycles. The van der Waals surface area contributed by atoms with Gasteiger partial charge in [-0.2, -0.15) is 0 Å². The van der Waals surface area contributed by atoms with Crippen molar-refractivity contribution < 1.29 is 23.9 Å². The number of aldehydes is 1. The van der Waals surface area contributed by atoms with Crippen LogP contribution in [0.4, 0.5) is 0 Å². The molecule has 5 heteroatoms. The Balaban J connectivity index is 3.16. The Hall–Kier alpha value is -2.53. The average molecular weight is 344 g/mol. The van der Waals surface area contributed by atoms with E-state index in [2.05, 4.69) is 17.8 Å². The molecule has 0 aromatic heterocycles. The van der Waals surface area contributed by atoms with Gasteiger partial charge in [-0.1, -0.05) is 11.8 Å². The van der Waals surface area contributed by atoms with Gasteiger partial charge in [-0.25, -0.2) is 0 Å². The Bertz CT molecular complexity index is 621. The van der Waals surface area contributed by atoms with E-state index < -0.39 is 17.4 Å². The van der Waals surface area contributed by atoms with E-state index in [-0.39, 0.29) is 26.1 Å². The lowest BCUT2D eigenvalue weighted by molar-refractivity contribution is -0.171. The van der Waals surface area contributed by atoms with E-state index in [1.807, 2.05) is 0 Å². The van der Waals surface area contributed by atoms with Gasteiger partial charge in [-0.15, -0.1) is 12.3 Å². The molecule has 0 saturated heterocycles. The maximum Gasteiger partial charge on any atom is 0.325 e. The van der Waals surface area contributed by atoms with Crippen molar-refractivity contribution in [2.24, 2.45) is 5.41 Å². The third kappa shape index (κ3) is 5.22. The predicted octanol–water partition coefficient (Wildman–Crippen LogP) is 2.59. The topological polar surface area (TPSA) is 69.7 Å². The smallest absolute Gasteiger partial charge is 0.325 e. The summed E-state index contributed by atoms with van der Waals surface area (Å²) in [6.07, 6.45) is 9.30. The van der Waals surface area contributed by atoms with Gasteiger partial charge in [0.25, 0.3) is 0 Å². The van der Waals surface area contributed by atoms with Crippen molar-refractivity contribution in [3.8, 4) is 24.2 Å². The highest BCUT2D eigenvalue weighted by Gasteiger charge is 2.48. The van der Waals surface area contributed by atoms with Crippen molar-refractivity contribution in [3.05, 3.63) is 11.1 Å². The predicted molar refractivity (Wildman–Crippen MR) is 93.1 cm³/mol. The monoisotopic (exact) mass is 344 g/mol. The number of rotatable bonds is 7. The van der Waals surface area contributed by atoms with Gasteiger partial charge in [-0.05, 0) is 39.5 Å². The Morgan fingerprint density at radius 3 is 2.24 bits per heavy atom. The van der Waals surface area contributed by atoms with E-state index >= 15 is 0 Å². The molecule has 1 aliphatic carbocycles. The average Bonchev–Trinajstić information content (AvgIpc) is 2.61. The second kappa shape index (κ2) is 10.4. The number of ether oxygens (including phenoxy) is 2. The van der Waals surface area contributed by atoms with Crippen LogP contribution in [0.5, 0.6) is 0 Å². The second-order valence-electron chi connectivity index (χ2n) is 5.71.